The molecule has 2 fully saturated rings. The van der Waals surface area contributed by atoms with E-state index in [1.807, 2.05) is 17.8 Å². The van der Waals surface area contributed by atoms with E-state index in [1.54, 1.807) is 0 Å². The van der Waals surface area contributed by atoms with E-state index in [1.165, 1.54) is 36.3 Å². The van der Waals surface area contributed by atoms with Crippen LogP contribution in [0.1, 0.15) is 60.1 Å². The van der Waals surface area contributed by atoms with Crippen LogP contribution in [0.25, 0.3) is 21.6 Å². The van der Waals surface area contributed by atoms with Gasteiger partial charge in [0.25, 0.3) is 0 Å². The second-order valence-electron chi connectivity index (χ2n) is 8.51. The molecule has 1 aliphatic carbocycles. The minimum Gasteiger partial charge on any atom is -0.373 e. The number of aromatic nitrogens is 5. The van der Waals surface area contributed by atoms with Crippen LogP contribution < -0.4 is 0 Å². The van der Waals surface area contributed by atoms with Gasteiger partial charge in [-0.3, -0.25) is 4.68 Å². The zero-order valence-corrected chi connectivity index (χ0v) is 18.3. The first kappa shape index (κ1) is 19.9. The molecule has 9 heteroatoms. The third-order valence-electron chi connectivity index (χ3n) is 6.13. The number of fused-ring (bicyclic) bond motifs is 1. The molecule has 2 atom stereocenters. The number of aryl methyl sites for hydroxylation is 1. The van der Waals surface area contributed by atoms with Crippen LogP contribution in [0, 0.1) is 18.6 Å². The Morgan fingerprint density at radius 1 is 1.12 bits per heavy atom. The van der Waals surface area contributed by atoms with Gasteiger partial charge in [0.1, 0.15) is 22.2 Å². The lowest BCUT2D eigenvalue weighted by Crippen LogP contribution is -2.20. The first-order valence-electron chi connectivity index (χ1n) is 10.8. The molecule has 0 amide bonds. The number of benzene rings is 1. The van der Waals surface area contributed by atoms with E-state index < -0.39 is 11.6 Å². The van der Waals surface area contributed by atoms with Crippen LogP contribution in [0.5, 0.6) is 0 Å². The fourth-order valence-electron chi connectivity index (χ4n) is 4.31. The van der Waals surface area contributed by atoms with Crippen molar-refractivity contribution < 1.29 is 13.5 Å². The second-order valence-corrected chi connectivity index (χ2v) is 9.71. The molecule has 0 spiro atoms. The summed E-state index contributed by atoms with van der Waals surface area (Å²) in [4.78, 5) is 14.1. The Morgan fingerprint density at radius 2 is 2.00 bits per heavy atom. The molecule has 1 aliphatic heterocycles. The maximum Gasteiger partial charge on any atom is 0.174 e. The lowest BCUT2D eigenvalue weighted by atomic mass is 9.92. The van der Waals surface area contributed by atoms with Crippen LogP contribution in [0.4, 0.5) is 8.78 Å². The third-order valence-corrected chi connectivity index (χ3v) is 7.09. The van der Waals surface area contributed by atoms with Crippen molar-refractivity contribution in [2.45, 2.75) is 50.7 Å². The summed E-state index contributed by atoms with van der Waals surface area (Å²) in [6.45, 7) is 2.47. The summed E-state index contributed by atoms with van der Waals surface area (Å²) < 4.78 is 36.9. The number of halogens is 2. The Labute approximate surface area is 187 Å². The van der Waals surface area contributed by atoms with Crippen molar-refractivity contribution in [2.24, 2.45) is 0 Å². The number of rotatable bonds is 4. The van der Waals surface area contributed by atoms with Crippen LogP contribution >= 0.6 is 11.3 Å². The average molecular weight is 454 g/mol. The highest BCUT2D eigenvalue weighted by atomic mass is 32.1. The minimum absolute atomic E-state index is 0.0479. The number of thiazole rings is 1. The summed E-state index contributed by atoms with van der Waals surface area (Å²) in [5.74, 6) is -0.577. The van der Waals surface area contributed by atoms with Gasteiger partial charge in [0.15, 0.2) is 5.65 Å². The van der Waals surface area contributed by atoms with E-state index in [9.17, 15) is 8.78 Å². The Morgan fingerprint density at radius 3 is 2.81 bits per heavy atom. The Bertz CT molecular complexity index is 1320. The molecule has 1 aromatic carbocycles. The molecule has 0 radical (unpaired) electrons. The molecule has 0 N–H and O–H groups in total. The lowest BCUT2D eigenvalue weighted by molar-refractivity contribution is 0.00396. The molecule has 6 nitrogen and oxygen atoms in total. The van der Waals surface area contributed by atoms with E-state index in [0.29, 0.717) is 34.5 Å². The predicted molar refractivity (Wildman–Crippen MR) is 116 cm³/mol. The summed E-state index contributed by atoms with van der Waals surface area (Å²) >= 11 is 1.42. The normalized spacial score (nSPS) is 21.3. The van der Waals surface area contributed by atoms with E-state index in [2.05, 4.69) is 16.3 Å². The van der Waals surface area contributed by atoms with Crippen LogP contribution in [-0.2, 0) is 4.74 Å². The van der Waals surface area contributed by atoms with Crippen LogP contribution in [0.2, 0.25) is 0 Å². The molecule has 32 heavy (non-hydrogen) atoms. The molecule has 3 aromatic heterocycles. The molecule has 6 rings (SSSR count). The van der Waals surface area contributed by atoms with Crippen LogP contribution in [0.3, 0.4) is 0 Å². The second kappa shape index (κ2) is 7.67. The predicted octanol–water partition coefficient (Wildman–Crippen LogP) is 5.51. The van der Waals surface area contributed by atoms with E-state index in [0.717, 1.165) is 29.5 Å². The molecule has 1 saturated heterocycles. The third kappa shape index (κ3) is 3.59. The average Bonchev–Trinajstić information content (AvgIpc) is 3.38. The van der Waals surface area contributed by atoms with E-state index in [4.69, 9.17) is 14.7 Å². The van der Waals surface area contributed by atoms with E-state index in [-0.39, 0.29) is 17.6 Å². The van der Waals surface area contributed by atoms with Gasteiger partial charge in [0.2, 0.25) is 0 Å². The number of hydrogen-bond donors (Lipinski definition) is 0. The molecular formula is C23H21F2N5OS. The largest absolute Gasteiger partial charge is 0.373 e. The van der Waals surface area contributed by atoms with Crippen molar-refractivity contribution in [1.29, 1.82) is 0 Å². The molecule has 1 saturated carbocycles. The molecule has 164 valence electrons. The Balaban J connectivity index is 1.37. The molecule has 4 aromatic rings. The highest BCUT2D eigenvalue weighted by Crippen LogP contribution is 2.40. The standard InChI is InChI=1S/C23H21F2N5OS/c1-12-27-23-21(32-12)20(17-5-2-15(24)9-18(17)25)28-22(29-23)13-6-7-31-19(8-13)14-10-26-30(11-14)16-3-4-16/h2,5,9-11,13,16,19H,3-4,6-8H2,1H3/t13?,19-/m1/s1. The zero-order valence-electron chi connectivity index (χ0n) is 17.5. The Kier molecular flexibility index (Phi) is 4.76. The molecular weight excluding hydrogens is 432 g/mol. The van der Waals surface area contributed by atoms with E-state index >= 15 is 0 Å². The van der Waals surface area contributed by atoms with Crippen molar-refractivity contribution in [2.75, 3.05) is 6.61 Å². The van der Waals surface area contributed by atoms with Gasteiger partial charge in [0, 0.05) is 35.9 Å². The van der Waals surface area contributed by atoms with Crippen molar-refractivity contribution in [3.05, 3.63) is 58.6 Å². The topological polar surface area (TPSA) is 65.7 Å². The SMILES string of the molecule is Cc1nc2nc(C3CCO[C@@H](c4cnn(C5CC5)c4)C3)nc(-c3ccc(F)cc3F)c2s1. The van der Waals surface area contributed by atoms with Gasteiger partial charge in [-0.2, -0.15) is 5.10 Å². The van der Waals surface area contributed by atoms with Crippen molar-refractivity contribution in [1.82, 2.24) is 24.7 Å². The van der Waals surface area contributed by atoms with Gasteiger partial charge in [0.05, 0.1) is 29.0 Å². The van der Waals surface area contributed by atoms with Gasteiger partial charge in [-0.25, -0.2) is 23.7 Å². The van der Waals surface area contributed by atoms with Gasteiger partial charge in [-0.05, 0) is 44.7 Å². The zero-order chi connectivity index (χ0) is 21.8. The highest BCUT2D eigenvalue weighted by Gasteiger charge is 2.31. The maximum absolute atomic E-state index is 14.7. The maximum atomic E-state index is 14.7. The van der Waals surface area contributed by atoms with Crippen LogP contribution in [0.15, 0.2) is 30.6 Å². The number of nitrogens with zero attached hydrogens (tertiary/aromatic N) is 5. The number of ether oxygens (including phenoxy) is 1. The van der Waals surface area contributed by atoms with Crippen molar-refractivity contribution >= 4 is 21.7 Å². The summed E-state index contributed by atoms with van der Waals surface area (Å²) in [5, 5.41) is 5.32. The quantitative estimate of drug-likeness (QED) is 0.408. The fraction of sp³-hybridized carbons (Fsp3) is 0.391. The smallest absolute Gasteiger partial charge is 0.174 e. The summed E-state index contributed by atoms with van der Waals surface area (Å²) in [5.41, 5.74) is 2.36. The molecule has 0 bridgehead atoms. The number of hydrogen-bond acceptors (Lipinski definition) is 6. The van der Waals surface area contributed by atoms with Crippen LogP contribution in [-0.4, -0.2) is 31.3 Å². The van der Waals surface area contributed by atoms with Gasteiger partial charge >= 0.3 is 0 Å². The minimum atomic E-state index is -0.639. The summed E-state index contributed by atoms with van der Waals surface area (Å²) in [6.07, 6.45) is 7.74. The van der Waals surface area contributed by atoms with Crippen molar-refractivity contribution in [3.63, 3.8) is 0 Å². The monoisotopic (exact) mass is 453 g/mol. The first-order chi connectivity index (χ1) is 15.5. The molecule has 4 heterocycles. The molecule has 1 unspecified atom stereocenters. The highest BCUT2D eigenvalue weighted by molar-refractivity contribution is 7.19. The summed E-state index contributed by atoms with van der Waals surface area (Å²) in [7, 11) is 0. The Hall–Kier alpha value is -2.78. The van der Waals surface area contributed by atoms with Gasteiger partial charge in [-0.15, -0.1) is 11.3 Å². The molecule has 2 aliphatic rings. The van der Waals surface area contributed by atoms with Gasteiger partial charge < -0.3 is 4.74 Å². The fourth-order valence-corrected chi connectivity index (χ4v) is 5.18. The summed E-state index contributed by atoms with van der Waals surface area (Å²) in [6, 6.07) is 4.10. The van der Waals surface area contributed by atoms with Gasteiger partial charge in [-0.1, -0.05) is 0 Å². The first-order valence-corrected chi connectivity index (χ1v) is 11.6. The van der Waals surface area contributed by atoms with Crippen molar-refractivity contribution in [3.8, 4) is 11.3 Å². The lowest BCUT2D eigenvalue weighted by Gasteiger charge is -2.28.